The molecule has 132 valence electrons. The summed E-state index contributed by atoms with van der Waals surface area (Å²) >= 11 is 0. The van der Waals surface area contributed by atoms with Crippen LogP contribution >= 0.6 is 0 Å². The van der Waals surface area contributed by atoms with E-state index in [1.54, 1.807) is 14.2 Å². The predicted octanol–water partition coefficient (Wildman–Crippen LogP) is 5.19. The first kappa shape index (κ1) is 16.5. The van der Waals surface area contributed by atoms with Crippen LogP contribution in [0.15, 0.2) is 48.8 Å². The van der Waals surface area contributed by atoms with E-state index in [0.29, 0.717) is 17.4 Å². The fourth-order valence-corrected chi connectivity index (χ4v) is 3.50. The van der Waals surface area contributed by atoms with Crippen LogP contribution in [-0.2, 0) is 0 Å². The Morgan fingerprint density at radius 2 is 1.88 bits per heavy atom. The van der Waals surface area contributed by atoms with Crippen molar-refractivity contribution in [3.63, 3.8) is 0 Å². The molecule has 3 aromatic rings. The van der Waals surface area contributed by atoms with E-state index in [0.717, 1.165) is 33.3 Å². The zero-order valence-electron chi connectivity index (χ0n) is 15.5. The molecule has 1 aromatic heterocycles. The number of methoxy groups -OCH3 is 2. The number of pyridine rings is 1. The Morgan fingerprint density at radius 1 is 1.04 bits per heavy atom. The van der Waals surface area contributed by atoms with Gasteiger partial charge in [0.15, 0.2) is 11.5 Å². The van der Waals surface area contributed by atoms with Gasteiger partial charge in [-0.1, -0.05) is 38.1 Å². The van der Waals surface area contributed by atoms with Crippen LogP contribution in [0.5, 0.6) is 11.5 Å². The van der Waals surface area contributed by atoms with Gasteiger partial charge in [0, 0.05) is 23.4 Å². The van der Waals surface area contributed by atoms with Crippen molar-refractivity contribution in [3.8, 4) is 11.5 Å². The molecule has 0 atom stereocenters. The second-order valence-electron chi connectivity index (χ2n) is 6.73. The third-order valence-electron chi connectivity index (χ3n) is 4.87. The summed E-state index contributed by atoms with van der Waals surface area (Å²) in [5.74, 6) is 1.88. The molecule has 1 aliphatic heterocycles. The summed E-state index contributed by atoms with van der Waals surface area (Å²) in [4.78, 5) is 4.70. The maximum atomic E-state index is 5.60. The molecule has 0 bridgehead atoms. The molecule has 4 rings (SSSR count). The van der Waals surface area contributed by atoms with Gasteiger partial charge >= 0.3 is 0 Å². The van der Waals surface area contributed by atoms with E-state index in [-0.39, 0.29) is 0 Å². The highest BCUT2D eigenvalue weighted by Crippen LogP contribution is 2.46. The van der Waals surface area contributed by atoms with E-state index in [4.69, 9.17) is 14.5 Å². The van der Waals surface area contributed by atoms with Gasteiger partial charge in [-0.3, -0.25) is 4.98 Å². The SMILES string of the molecule is COc1cc2ccnc3c2c(c1OC)NC=C3c1cccc(C(C)C)c1. The molecule has 4 nitrogen and oxygen atoms in total. The smallest absolute Gasteiger partial charge is 0.185 e. The molecule has 2 heterocycles. The maximum absolute atomic E-state index is 5.60. The van der Waals surface area contributed by atoms with E-state index < -0.39 is 0 Å². The minimum absolute atomic E-state index is 0.479. The molecule has 0 saturated carbocycles. The number of ether oxygens (including phenoxy) is 2. The number of rotatable bonds is 4. The highest BCUT2D eigenvalue weighted by Gasteiger charge is 2.23. The molecule has 2 aromatic carbocycles. The lowest BCUT2D eigenvalue weighted by atomic mass is 9.92. The van der Waals surface area contributed by atoms with E-state index >= 15 is 0 Å². The molecule has 26 heavy (non-hydrogen) atoms. The molecular weight excluding hydrogens is 324 g/mol. The zero-order valence-corrected chi connectivity index (χ0v) is 15.5. The average Bonchev–Trinajstić information content (AvgIpc) is 2.68. The summed E-state index contributed by atoms with van der Waals surface area (Å²) in [5.41, 5.74) is 5.41. The zero-order chi connectivity index (χ0) is 18.3. The predicted molar refractivity (Wildman–Crippen MR) is 106 cm³/mol. The number of nitrogens with one attached hydrogen (secondary N) is 1. The molecular formula is C22H22N2O2. The van der Waals surface area contributed by atoms with Gasteiger partial charge in [0.2, 0.25) is 0 Å². The largest absolute Gasteiger partial charge is 0.493 e. The van der Waals surface area contributed by atoms with Crippen molar-refractivity contribution < 1.29 is 9.47 Å². The fourth-order valence-electron chi connectivity index (χ4n) is 3.50. The number of anilines is 1. The molecule has 1 aliphatic rings. The number of hydrogen-bond acceptors (Lipinski definition) is 4. The van der Waals surface area contributed by atoms with Crippen LogP contribution in [0.1, 0.15) is 36.6 Å². The molecule has 0 spiro atoms. The van der Waals surface area contributed by atoms with Gasteiger partial charge in [-0.05, 0) is 34.6 Å². The van der Waals surface area contributed by atoms with E-state index in [9.17, 15) is 0 Å². The standard InChI is InChI=1S/C22H22N2O2/c1-13(2)14-6-5-7-15(10-14)17-12-24-21-19-16(8-9-23-20(17)19)11-18(25-3)22(21)26-4/h5-13,24H,1-4H3. The molecule has 0 amide bonds. The molecule has 0 unspecified atom stereocenters. The lowest BCUT2D eigenvalue weighted by molar-refractivity contribution is 0.357. The highest BCUT2D eigenvalue weighted by atomic mass is 16.5. The lowest BCUT2D eigenvalue weighted by Gasteiger charge is -2.23. The molecule has 0 radical (unpaired) electrons. The second-order valence-corrected chi connectivity index (χ2v) is 6.73. The van der Waals surface area contributed by atoms with Crippen molar-refractivity contribution in [1.82, 2.24) is 4.98 Å². The molecule has 0 saturated heterocycles. The van der Waals surface area contributed by atoms with Crippen molar-refractivity contribution in [2.24, 2.45) is 0 Å². The van der Waals surface area contributed by atoms with Gasteiger partial charge in [0.25, 0.3) is 0 Å². The van der Waals surface area contributed by atoms with Crippen molar-refractivity contribution >= 4 is 22.0 Å². The van der Waals surface area contributed by atoms with Crippen molar-refractivity contribution in [1.29, 1.82) is 0 Å². The summed E-state index contributed by atoms with van der Waals surface area (Å²) in [6, 6.07) is 12.6. The first-order chi connectivity index (χ1) is 12.6. The number of hydrogen-bond donors (Lipinski definition) is 1. The van der Waals surface area contributed by atoms with Crippen LogP contribution in [0.25, 0.3) is 16.3 Å². The number of aromatic nitrogens is 1. The Bertz CT molecular complexity index is 1020. The molecule has 4 heteroatoms. The minimum atomic E-state index is 0.479. The van der Waals surface area contributed by atoms with Crippen LogP contribution in [0, 0.1) is 0 Å². The monoisotopic (exact) mass is 346 g/mol. The number of nitrogens with zero attached hydrogens (tertiary/aromatic N) is 1. The Balaban J connectivity index is 1.95. The Labute approximate surface area is 153 Å². The summed E-state index contributed by atoms with van der Waals surface area (Å²) < 4.78 is 11.1. The second kappa shape index (κ2) is 6.37. The van der Waals surface area contributed by atoms with Gasteiger partial charge < -0.3 is 14.8 Å². The van der Waals surface area contributed by atoms with Gasteiger partial charge in [-0.25, -0.2) is 0 Å². The quantitative estimate of drug-likeness (QED) is 0.706. The first-order valence-electron chi connectivity index (χ1n) is 8.75. The van der Waals surface area contributed by atoms with Crippen molar-refractivity contribution in [2.75, 3.05) is 19.5 Å². The molecule has 1 N–H and O–H groups in total. The van der Waals surface area contributed by atoms with Crippen LogP contribution in [0.4, 0.5) is 5.69 Å². The Kier molecular flexibility index (Phi) is 4.03. The molecule has 0 aliphatic carbocycles. The summed E-state index contributed by atoms with van der Waals surface area (Å²) in [5, 5.41) is 5.53. The van der Waals surface area contributed by atoms with Gasteiger partial charge in [0.1, 0.15) is 0 Å². The van der Waals surface area contributed by atoms with Crippen LogP contribution in [0.2, 0.25) is 0 Å². The van der Waals surface area contributed by atoms with Crippen LogP contribution < -0.4 is 14.8 Å². The van der Waals surface area contributed by atoms with Crippen LogP contribution in [-0.4, -0.2) is 19.2 Å². The van der Waals surface area contributed by atoms with Crippen molar-refractivity contribution in [3.05, 3.63) is 65.6 Å². The molecule has 0 fully saturated rings. The summed E-state index contributed by atoms with van der Waals surface area (Å²) in [7, 11) is 3.31. The Hall–Kier alpha value is -3.01. The van der Waals surface area contributed by atoms with Crippen molar-refractivity contribution in [2.45, 2.75) is 19.8 Å². The van der Waals surface area contributed by atoms with E-state index in [1.807, 2.05) is 24.5 Å². The normalized spacial score (nSPS) is 12.7. The summed E-state index contributed by atoms with van der Waals surface area (Å²) in [6.45, 7) is 4.41. The van der Waals surface area contributed by atoms with Gasteiger partial charge in [-0.15, -0.1) is 0 Å². The summed E-state index contributed by atoms with van der Waals surface area (Å²) in [6.07, 6.45) is 3.85. The third-order valence-corrected chi connectivity index (χ3v) is 4.87. The van der Waals surface area contributed by atoms with E-state index in [2.05, 4.69) is 43.4 Å². The maximum Gasteiger partial charge on any atom is 0.185 e. The Morgan fingerprint density at radius 3 is 2.62 bits per heavy atom. The fraction of sp³-hybridized carbons (Fsp3) is 0.227. The minimum Gasteiger partial charge on any atom is -0.493 e. The van der Waals surface area contributed by atoms with Gasteiger partial charge in [0.05, 0.1) is 25.6 Å². The first-order valence-corrected chi connectivity index (χ1v) is 8.75. The topological polar surface area (TPSA) is 43.4 Å². The lowest BCUT2D eigenvalue weighted by Crippen LogP contribution is -2.07. The number of benzene rings is 2. The highest BCUT2D eigenvalue weighted by molar-refractivity contribution is 6.09. The van der Waals surface area contributed by atoms with Crippen LogP contribution in [0.3, 0.4) is 0 Å². The van der Waals surface area contributed by atoms with Gasteiger partial charge in [-0.2, -0.15) is 0 Å². The van der Waals surface area contributed by atoms with E-state index in [1.165, 1.54) is 5.56 Å². The third kappa shape index (κ3) is 2.49. The average molecular weight is 346 g/mol.